The maximum Gasteiger partial charge on any atom is 0.144 e. The van der Waals surface area contributed by atoms with Gasteiger partial charge in [-0.3, -0.25) is 0 Å². The lowest BCUT2D eigenvalue weighted by Crippen LogP contribution is -2.13. The van der Waals surface area contributed by atoms with Crippen molar-refractivity contribution >= 4 is 11.5 Å². The average Bonchev–Trinajstić information content (AvgIpc) is 2.39. The molecule has 0 amide bonds. The minimum atomic E-state index is -0.257. The van der Waals surface area contributed by atoms with Crippen molar-refractivity contribution in [3.63, 3.8) is 0 Å². The number of nitrogens with zero attached hydrogens (tertiary/aromatic N) is 3. The molecule has 2 rings (SSSR count). The van der Waals surface area contributed by atoms with Gasteiger partial charge in [-0.05, 0) is 30.3 Å². The third-order valence-corrected chi connectivity index (χ3v) is 2.43. The molecule has 0 aliphatic rings. The highest BCUT2D eigenvalue weighted by atomic mass is 19.1. The van der Waals surface area contributed by atoms with Crippen LogP contribution in [-0.4, -0.2) is 17.0 Å². The van der Waals surface area contributed by atoms with E-state index in [9.17, 15) is 4.39 Å². The molecule has 0 unspecified atom stereocenters. The van der Waals surface area contributed by atoms with Crippen LogP contribution >= 0.6 is 0 Å². The number of halogens is 1. The van der Waals surface area contributed by atoms with Crippen LogP contribution in [0.5, 0.6) is 0 Å². The van der Waals surface area contributed by atoms with Crippen molar-refractivity contribution < 1.29 is 4.39 Å². The summed E-state index contributed by atoms with van der Waals surface area (Å²) in [7, 11) is 1.86. The predicted octanol–water partition coefficient (Wildman–Crippen LogP) is 1.84. The van der Waals surface area contributed by atoms with E-state index in [4.69, 9.17) is 5.73 Å². The molecule has 0 aliphatic heterocycles. The van der Waals surface area contributed by atoms with Gasteiger partial charge in [-0.25, -0.2) is 14.4 Å². The molecule has 88 valence electrons. The van der Waals surface area contributed by atoms with Gasteiger partial charge in [0.05, 0.1) is 6.54 Å². The fourth-order valence-electron chi connectivity index (χ4n) is 1.47. The SMILES string of the molecule is CN(c1ccc(F)cc1)c1ccnc(CN)n1. The molecule has 5 heteroatoms. The second kappa shape index (κ2) is 4.88. The van der Waals surface area contributed by atoms with Gasteiger partial charge in [0.25, 0.3) is 0 Å². The molecular formula is C12H13FN4. The van der Waals surface area contributed by atoms with Gasteiger partial charge >= 0.3 is 0 Å². The fraction of sp³-hybridized carbons (Fsp3) is 0.167. The summed E-state index contributed by atoms with van der Waals surface area (Å²) in [4.78, 5) is 10.2. The van der Waals surface area contributed by atoms with Crippen molar-refractivity contribution in [3.05, 3.63) is 48.2 Å². The van der Waals surface area contributed by atoms with Gasteiger partial charge < -0.3 is 10.6 Å². The molecule has 0 saturated heterocycles. The normalized spacial score (nSPS) is 10.3. The second-order valence-electron chi connectivity index (χ2n) is 3.57. The van der Waals surface area contributed by atoms with Crippen molar-refractivity contribution in [3.8, 4) is 0 Å². The third-order valence-electron chi connectivity index (χ3n) is 2.43. The van der Waals surface area contributed by atoms with Crippen LogP contribution in [0.1, 0.15) is 5.82 Å². The lowest BCUT2D eigenvalue weighted by Gasteiger charge is -2.18. The number of anilines is 2. The van der Waals surface area contributed by atoms with Crippen molar-refractivity contribution in [1.29, 1.82) is 0 Å². The second-order valence-corrected chi connectivity index (χ2v) is 3.57. The van der Waals surface area contributed by atoms with Gasteiger partial charge in [0.2, 0.25) is 0 Å². The fourth-order valence-corrected chi connectivity index (χ4v) is 1.47. The van der Waals surface area contributed by atoms with Gasteiger partial charge in [0.15, 0.2) is 0 Å². The van der Waals surface area contributed by atoms with Crippen LogP contribution in [0.15, 0.2) is 36.5 Å². The molecule has 0 fully saturated rings. The lowest BCUT2D eigenvalue weighted by atomic mass is 10.3. The highest BCUT2D eigenvalue weighted by molar-refractivity contribution is 5.58. The van der Waals surface area contributed by atoms with Crippen LogP contribution in [0.4, 0.5) is 15.9 Å². The van der Waals surface area contributed by atoms with E-state index in [1.807, 2.05) is 11.9 Å². The zero-order chi connectivity index (χ0) is 12.3. The summed E-state index contributed by atoms with van der Waals surface area (Å²) in [5.41, 5.74) is 6.34. The standard InChI is InChI=1S/C12H13FN4/c1-17(10-4-2-9(13)3-5-10)12-6-7-15-11(8-14)16-12/h2-7H,8,14H2,1H3. The van der Waals surface area contributed by atoms with Crippen LogP contribution in [-0.2, 0) is 6.54 Å². The first-order valence-electron chi connectivity index (χ1n) is 5.22. The number of hydrogen-bond acceptors (Lipinski definition) is 4. The smallest absolute Gasteiger partial charge is 0.144 e. The van der Waals surface area contributed by atoms with Crippen molar-refractivity contribution in [2.75, 3.05) is 11.9 Å². The maximum atomic E-state index is 12.8. The summed E-state index contributed by atoms with van der Waals surface area (Å²) in [6, 6.07) is 8.00. The third kappa shape index (κ3) is 2.57. The van der Waals surface area contributed by atoms with E-state index in [1.165, 1.54) is 12.1 Å². The van der Waals surface area contributed by atoms with E-state index >= 15 is 0 Å². The van der Waals surface area contributed by atoms with Crippen LogP contribution in [0.2, 0.25) is 0 Å². The Bertz CT molecular complexity index is 498. The van der Waals surface area contributed by atoms with Crippen LogP contribution < -0.4 is 10.6 Å². The first kappa shape index (κ1) is 11.5. The summed E-state index contributed by atoms with van der Waals surface area (Å²) in [6.45, 7) is 0.297. The average molecular weight is 232 g/mol. The molecule has 0 saturated carbocycles. The van der Waals surface area contributed by atoms with Crippen molar-refractivity contribution in [1.82, 2.24) is 9.97 Å². The van der Waals surface area contributed by atoms with Crippen LogP contribution in [0.25, 0.3) is 0 Å². The Morgan fingerprint density at radius 1 is 1.24 bits per heavy atom. The summed E-state index contributed by atoms with van der Waals surface area (Å²) >= 11 is 0. The Morgan fingerprint density at radius 2 is 1.94 bits per heavy atom. The molecule has 1 heterocycles. The highest BCUT2D eigenvalue weighted by Gasteiger charge is 2.06. The van der Waals surface area contributed by atoms with Crippen LogP contribution in [0.3, 0.4) is 0 Å². The number of benzene rings is 1. The largest absolute Gasteiger partial charge is 0.329 e. The highest BCUT2D eigenvalue weighted by Crippen LogP contribution is 2.21. The first-order chi connectivity index (χ1) is 8.20. The molecule has 0 bridgehead atoms. The van der Waals surface area contributed by atoms with Crippen molar-refractivity contribution in [2.24, 2.45) is 5.73 Å². The molecule has 17 heavy (non-hydrogen) atoms. The molecule has 2 N–H and O–H groups in total. The van der Waals surface area contributed by atoms with Crippen molar-refractivity contribution in [2.45, 2.75) is 6.54 Å². The van der Waals surface area contributed by atoms with E-state index in [1.54, 1.807) is 24.4 Å². The number of aromatic nitrogens is 2. The topological polar surface area (TPSA) is 55.0 Å². The van der Waals surface area contributed by atoms with Gasteiger partial charge in [-0.1, -0.05) is 0 Å². The molecule has 0 spiro atoms. The van der Waals surface area contributed by atoms with E-state index in [0.29, 0.717) is 12.4 Å². The minimum absolute atomic E-state index is 0.257. The zero-order valence-corrected chi connectivity index (χ0v) is 9.47. The van der Waals surface area contributed by atoms with E-state index < -0.39 is 0 Å². The molecule has 1 aromatic carbocycles. The van der Waals surface area contributed by atoms with E-state index in [2.05, 4.69) is 9.97 Å². The number of rotatable bonds is 3. The van der Waals surface area contributed by atoms with E-state index in [-0.39, 0.29) is 5.82 Å². The molecule has 4 nitrogen and oxygen atoms in total. The molecule has 0 aliphatic carbocycles. The van der Waals surface area contributed by atoms with Gasteiger partial charge in [0, 0.05) is 18.9 Å². The lowest BCUT2D eigenvalue weighted by molar-refractivity contribution is 0.628. The molecular weight excluding hydrogens is 219 g/mol. The Hall–Kier alpha value is -2.01. The quantitative estimate of drug-likeness (QED) is 0.877. The monoisotopic (exact) mass is 232 g/mol. The molecule has 2 aromatic rings. The minimum Gasteiger partial charge on any atom is -0.329 e. The van der Waals surface area contributed by atoms with Gasteiger partial charge in [0.1, 0.15) is 17.5 Å². The Labute approximate surface area is 98.9 Å². The van der Waals surface area contributed by atoms with Crippen LogP contribution in [0, 0.1) is 5.82 Å². The molecule has 0 atom stereocenters. The molecule has 0 radical (unpaired) electrons. The number of hydrogen-bond donors (Lipinski definition) is 1. The van der Waals surface area contributed by atoms with Gasteiger partial charge in [-0.15, -0.1) is 0 Å². The van der Waals surface area contributed by atoms with E-state index in [0.717, 1.165) is 11.5 Å². The summed E-state index contributed by atoms with van der Waals surface area (Å²) in [5.74, 6) is 1.05. The summed E-state index contributed by atoms with van der Waals surface area (Å²) in [6.07, 6.45) is 1.66. The Morgan fingerprint density at radius 3 is 2.59 bits per heavy atom. The Kier molecular flexibility index (Phi) is 3.30. The summed E-state index contributed by atoms with van der Waals surface area (Å²) in [5, 5.41) is 0. The first-order valence-corrected chi connectivity index (χ1v) is 5.22. The van der Waals surface area contributed by atoms with Gasteiger partial charge in [-0.2, -0.15) is 0 Å². The zero-order valence-electron chi connectivity index (χ0n) is 9.47. The molecule has 1 aromatic heterocycles. The number of nitrogens with two attached hydrogens (primary N) is 1. The maximum absolute atomic E-state index is 12.8. The Balaban J connectivity index is 2.29. The summed E-state index contributed by atoms with van der Waals surface area (Å²) < 4.78 is 12.8. The predicted molar refractivity (Wildman–Crippen MR) is 64.4 cm³/mol.